The molecule has 0 unspecified atom stereocenters. The van der Waals surface area contributed by atoms with Gasteiger partial charge in [0, 0.05) is 5.56 Å². The van der Waals surface area contributed by atoms with E-state index in [1.807, 2.05) is 54.6 Å². The third kappa shape index (κ3) is 2.30. The minimum atomic E-state index is 0.385. The van der Waals surface area contributed by atoms with Crippen LogP contribution >= 0.6 is 0 Å². The van der Waals surface area contributed by atoms with E-state index in [0.29, 0.717) is 28.7 Å². The number of hydrogen-bond donors (Lipinski definition) is 1. The quantitative estimate of drug-likeness (QED) is 0.593. The second-order valence-electron chi connectivity index (χ2n) is 5.22. The van der Waals surface area contributed by atoms with Gasteiger partial charge in [0.15, 0.2) is 11.5 Å². The van der Waals surface area contributed by atoms with Crippen molar-refractivity contribution < 1.29 is 9.15 Å². The van der Waals surface area contributed by atoms with Crippen molar-refractivity contribution in [3.05, 3.63) is 84.3 Å². The van der Waals surface area contributed by atoms with Gasteiger partial charge in [0.05, 0.1) is 5.70 Å². The second-order valence-corrected chi connectivity index (χ2v) is 5.22. The smallest absolute Gasteiger partial charge is 0.154 e. The van der Waals surface area contributed by atoms with Crippen LogP contribution in [0.1, 0.15) is 17.1 Å². The van der Waals surface area contributed by atoms with E-state index >= 15 is 0 Å². The number of furan rings is 1. The summed E-state index contributed by atoms with van der Waals surface area (Å²) in [4.78, 5) is 4.75. The van der Waals surface area contributed by atoms with Gasteiger partial charge in [-0.25, -0.2) is 4.99 Å². The largest absolute Gasteiger partial charge is 0.454 e. The van der Waals surface area contributed by atoms with Gasteiger partial charge < -0.3 is 14.9 Å². The van der Waals surface area contributed by atoms with Crippen LogP contribution in [-0.4, -0.2) is 5.71 Å². The van der Waals surface area contributed by atoms with Crippen molar-refractivity contribution in [2.45, 2.75) is 0 Å². The summed E-state index contributed by atoms with van der Waals surface area (Å²) < 4.78 is 11.8. The van der Waals surface area contributed by atoms with Gasteiger partial charge in [-0.05, 0) is 36.4 Å². The summed E-state index contributed by atoms with van der Waals surface area (Å²) in [6.07, 6.45) is 0. The Morgan fingerprint density at radius 2 is 1.65 bits per heavy atom. The van der Waals surface area contributed by atoms with Crippen LogP contribution in [0.2, 0.25) is 0 Å². The normalized spacial score (nSPS) is 12.4. The van der Waals surface area contributed by atoms with Gasteiger partial charge in [-0.15, -0.1) is 0 Å². The molecule has 1 aliphatic heterocycles. The minimum Gasteiger partial charge on any atom is -0.454 e. The minimum absolute atomic E-state index is 0.385. The zero-order valence-electron chi connectivity index (χ0n) is 12.3. The molecule has 0 fully saturated rings. The van der Waals surface area contributed by atoms with Crippen LogP contribution in [0.25, 0.3) is 5.70 Å². The van der Waals surface area contributed by atoms with Crippen LogP contribution in [0.5, 0.6) is 11.5 Å². The Morgan fingerprint density at radius 3 is 2.43 bits per heavy atom. The molecule has 3 aromatic rings. The maximum Gasteiger partial charge on any atom is 0.154 e. The molecule has 112 valence electrons. The molecule has 1 aromatic heterocycles. The second kappa shape index (κ2) is 5.18. The first-order valence-corrected chi connectivity index (χ1v) is 7.22. The van der Waals surface area contributed by atoms with E-state index in [1.165, 1.54) is 0 Å². The first-order chi connectivity index (χ1) is 11.2. The summed E-state index contributed by atoms with van der Waals surface area (Å²) in [5, 5.41) is 0. The number of aliphatic imine (C=N–C) groups is 1. The number of fused-ring (bicyclic) bond motifs is 2. The van der Waals surface area contributed by atoms with Gasteiger partial charge in [0.25, 0.3) is 0 Å². The van der Waals surface area contributed by atoms with Crippen LogP contribution in [0.15, 0.2) is 76.7 Å². The van der Waals surface area contributed by atoms with E-state index in [1.54, 1.807) is 6.07 Å². The molecule has 0 bridgehead atoms. The molecular formula is C19H14N2O2. The Balaban J connectivity index is 1.95. The highest BCUT2D eigenvalue weighted by atomic mass is 16.5. The number of benzene rings is 2. The Morgan fingerprint density at radius 1 is 0.913 bits per heavy atom. The molecule has 2 N–H and O–H groups in total. The average Bonchev–Trinajstić information content (AvgIpc) is 2.98. The Kier molecular flexibility index (Phi) is 3.01. The predicted molar refractivity (Wildman–Crippen MR) is 90.2 cm³/mol. The Bertz CT molecular complexity index is 938. The van der Waals surface area contributed by atoms with E-state index in [2.05, 4.69) is 6.58 Å². The molecule has 2 heterocycles. The zero-order chi connectivity index (χ0) is 15.8. The van der Waals surface area contributed by atoms with Gasteiger partial charge >= 0.3 is 0 Å². The van der Waals surface area contributed by atoms with Gasteiger partial charge in [0.2, 0.25) is 0 Å². The fraction of sp³-hybridized carbons (Fsp3) is 0. The number of para-hydroxylation sites is 3. The number of ether oxygens (including phenoxy) is 1. The zero-order valence-corrected chi connectivity index (χ0v) is 12.3. The highest BCUT2D eigenvalue weighted by Crippen LogP contribution is 2.38. The van der Waals surface area contributed by atoms with Crippen LogP contribution in [0, 0.1) is 0 Å². The van der Waals surface area contributed by atoms with E-state index in [9.17, 15) is 0 Å². The highest BCUT2D eigenvalue weighted by Gasteiger charge is 2.21. The molecule has 0 atom stereocenters. The first-order valence-electron chi connectivity index (χ1n) is 7.22. The monoisotopic (exact) mass is 302 g/mol. The summed E-state index contributed by atoms with van der Waals surface area (Å²) in [7, 11) is 0. The lowest BCUT2D eigenvalue weighted by molar-refractivity contribution is 0.484. The van der Waals surface area contributed by atoms with Gasteiger partial charge in [-0.1, -0.05) is 30.8 Å². The number of nitrogens with two attached hydrogens (primary N) is 1. The number of hydrogen-bond acceptors (Lipinski definition) is 4. The molecular weight excluding hydrogens is 288 g/mol. The van der Waals surface area contributed by atoms with Crippen molar-refractivity contribution in [2.24, 2.45) is 10.7 Å². The lowest BCUT2D eigenvalue weighted by Crippen LogP contribution is -2.02. The van der Waals surface area contributed by atoms with Crippen molar-refractivity contribution in [2.75, 3.05) is 0 Å². The molecule has 0 radical (unpaired) electrons. The van der Waals surface area contributed by atoms with E-state index in [4.69, 9.17) is 19.9 Å². The van der Waals surface area contributed by atoms with E-state index < -0.39 is 0 Å². The van der Waals surface area contributed by atoms with Gasteiger partial charge in [0.1, 0.15) is 22.9 Å². The molecule has 23 heavy (non-hydrogen) atoms. The summed E-state index contributed by atoms with van der Waals surface area (Å²) in [6, 6.07) is 19.0. The van der Waals surface area contributed by atoms with Gasteiger partial charge in [-0.3, -0.25) is 0 Å². The Labute approximate surface area is 133 Å². The topological polar surface area (TPSA) is 60.8 Å². The maximum absolute atomic E-state index is 6.01. The molecule has 0 saturated carbocycles. The van der Waals surface area contributed by atoms with Crippen molar-refractivity contribution >= 4 is 17.1 Å². The molecule has 0 spiro atoms. The lowest BCUT2D eigenvalue weighted by Gasteiger charge is -2.08. The third-order valence-electron chi connectivity index (χ3n) is 3.62. The molecule has 0 aliphatic carbocycles. The van der Waals surface area contributed by atoms with E-state index in [-0.39, 0.29) is 0 Å². The number of rotatable bonds is 2. The number of nitrogens with zero attached hydrogens (tertiary/aromatic N) is 1. The Hall–Kier alpha value is -3.27. The summed E-state index contributed by atoms with van der Waals surface area (Å²) in [5.74, 6) is 2.61. The average molecular weight is 302 g/mol. The molecule has 2 aromatic carbocycles. The summed E-state index contributed by atoms with van der Waals surface area (Å²) >= 11 is 0. The van der Waals surface area contributed by atoms with Gasteiger partial charge in [-0.2, -0.15) is 0 Å². The maximum atomic E-state index is 6.01. The molecule has 0 amide bonds. The van der Waals surface area contributed by atoms with Crippen molar-refractivity contribution in [3.8, 4) is 11.5 Å². The predicted octanol–water partition coefficient (Wildman–Crippen LogP) is 4.48. The fourth-order valence-corrected chi connectivity index (χ4v) is 2.51. The standard InChI is InChI=1S/C19H14N2O2/c1-12(20)15-10-11-18(22-15)19-13-6-2-4-8-16(13)23-17-9-5-3-7-14(17)21-19/h2-11H,1,20H2. The lowest BCUT2D eigenvalue weighted by atomic mass is 10.1. The molecule has 4 nitrogen and oxygen atoms in total. The van der Waals surface area contributed by atoms with E-state index in [0.717, 1.165) is 17.0 Å². The van der Waals surface area contributed by atoms with Crippen LogP contribution in [0.4, 0.5) is 5.69 Å². The summed E-state index contributed by atoms with van der Waals surface area (Å²) in [6.45, 7) is 3.70. The molecule has 4 rings (SSSR count). The third-order valence-corrected chi connectivity index (χ3v) is 3.62. The van der Waals surface area contributed by atoms with Crippen molar-refractivity contribution in [3.63, 3.8) is 0 Å². The fourth-order valence-electron chi connectivity index (χ4n) is 2.51. The van der Waals surface area contributed by atoms with Crippen molar-refractivity contribution in [1.29, 1.82) is 0 Å². The first kappa shape index (κ1) is 13.4. The van der Waals surface area contributed by atoms with Crippen LogP contribution in [-0.2, 0) is 0 Å². The summed E-state index contributed by atoms with van der Waals surface area (Å²) in [5.41, 5.74) is 8.42. The molecule has 4 heteroatoms. The van der Waals surface area contributed by atoms with Crippen LogP contribution in [0.3, 0.4) is 0 Å². The molecule has 0 saturated heterocycles. The SMILES string of the molecule is C=C(N)c1ccc(C2=Nc3ccccc3Oc3ccccc32)o1. The highest BCUT2D eigenvalue weighted by molar-refractivity contribution is 6.14. The van der Waals surface area contributed by atoms with Crippen LogP contribution < -0.4 is 10.5 Å². The molecule has 1 aliphatic rings. The van der Waals surface area contributed by atoms with Crippen molar-refractivity contribution in [1.82, 2.24) is 0 Å².